The smallest absolute Gasteiger partial charge is 0.225 e. The topological polar surface area (TPSA) is 41.5 Å². The molecule has 0 aromatic heterocycles. The van der Waals surface area contributed by atoms with Crippen LogP contribution in [0.3, 0.4) is 0 Å². The van der Waals surface area contributed by atoms with Crippen LogP contribution in [0.25, 0.3) is 0 Å². The van der Waals surface area contributed by atoms with Gasteiger partial charge in [-0.3, -0.25) is 9.79 Å². The summed E-state index contributed by atoms with van der Waals surface area (Å²) in [7, 11) is 0. The highest BCUT2D eigenvalue weighted by molar-refractivity contribution is 8.13. The molecule has 0 heterocycles. The summed E-state index contributed by atoms with van der Waals surface area (Å²) >= 11 is 1.54. The maximum absolute atomic E-state index is 11.6. The third kappa shape index (κ3) is 9.40. The van der Waals surface area contributed by atoms with E-state index >= 15 is 0 Å². The molecule has 0 saturated heterocycles. The van der Waals surface area contributed by atoms with Crippen LogP contribution in [0, 0.1) is 5.92 Å². The SMILES string of the molecule is CC.CCCCC(=O)NC(=NCC1CCCCC1)SC. The van der Waals surface area contributed by atoms with E-state index in [1.807, 2.05) is 20.1 Å². The lowest BCUT2D eigenvalue weighted by atomic mass is 9.89. The number of hydrogen-bond acceptors (Lipinski definition) is 3. The molecule has 1 fully saturated rings. The summed E-state index contributed by atoms with van der Waals surface area (Å²) < 4.78 is 0. The van der Waals surface area contributed by atoms with Gasteiger partial charge < -0.3 is 5.32 Å². The number of amidine groups is 1. The molecule has 4 heteroatoms. The van der Waals surface area contributed by atoms with Crippen molar-refractivity contribution >= 4 is 22.8 Å². The van der Waals surface area contributed by atoms with E-state index in [4.69, 9.17) is 0 Å². The number of rotatable bonds is 5. The van der Waals surface area contributed by atoms with Crippen LogP contribution in [0.4, 0.5) is 0 Å². The summed E-state index contributed by atoms with van der Waals surface area (Å²) in [6, 6.07) is 0. The summed E-state index contributed by atoms with van der Waals surface area (Å²) in [6.07, 6.45) is 11.3. The third-order valence-electron chi connectivity index (χ3n) is 3.41. The van der Waals surface area contributed by atoms with E-state index in [2.05, 4.69) is 17.2 Å². The molecule has 0 aromatic carbocycles. The predicted octanol–water partition coefficient (Wildman–Crippen LogP) is 4.62. The lowest BCUT2D eigenvalue weighted by molar-refractivity contribution is -0.119. The molecule has 1 rings (SSSR count). The van der Waals surface area contributed by atoms with Crippen molar-refractivity contribution in [3.05, 3.63) is 0 Å². The van der Waals surface area contributed by atoms with Gasteiger partial charge in [-0.05, 0) is 31.4 Å². The van der Waals surface area contributed by atoms with E-state index in [1.54, 1.807) is 0 Å². The Bertz CT molecular complexity index is 274. The Morgan fingerprint density at radius 1 is 1.25 bits per heavy atom. The van der Waals surface area contributed by atoms with Gasteiger partial charge in [0.05, 0.1) is 0 Å². The fraction of sp³-hybridized carbons (Fsp3) is 0.875. The normalized spacial score (nSPS) is 16.3. The predicted molar refractivity (Wildman–Crippen MR) is 91.4 cm³/mol. The highest BCUT2D eigenvalue weighted by atomic mass is 32.2. The van der Waals surface area contributed by atoms with Gasteiger partial charge in [0.15, 0.2) is 5.17 Å². The molecule has 1 aliphatic carbocycles. The molecule has 0 aliphatic heterocycles. The molecule has 0 spiro atoms. The monoisotopic (exact) mass is 300 g/mol. The quantitative estimate of drug-likeness (QED) is 0.594. The van der Waals surface area contributed by atoms with E-state index in [9.17, 15) is 4.79 Å². The van der Waals surface area contributed by atoms with Gasteiger partial charge >= 0.3 is 0 Å². The standard InChI is InChI=1S/C14H26N2OS.C2H6/c1-3-4-10-13(17)16-14(18-2)15-11-12-8-6-5-7-9-12;1-2/h12H,3-11H2,1-2H3,(H,15,16,17);1-2H3. The van der Waals surface area contributed by atoms with Gasteiger partial charge in [-0.1, -0.05) is 58.2 Å². The molecule has 0 aromatic rings. The van der Waals surface area contributed by atoms with Crippen molar-refractivity contribution in [2.75, 3.05) is 12.8 Å². The molecule has 1 amide bonds. The second-order valence-electron chi connectivity index (χ2n) is 5.01. The highest BCUT2D eigenvalue weighted by Gasteiger charge is 2.13. The van der Waals surface area contributed by atoms with Crippen molar-refractivity contribution in [3.63, 3.8) is 0 Å². The Morgan fingerprint density at radius 3 is 2.45 bits per heavy atom. The maximum atomic E-state index is 11.6. The number of unbranched alkanes of at least 4 members (excludes halogenated alkanes) is 1. The van der Waals surface area contributed by atoms with Crippen LogP contribution in [0.15, 0.2) is 4.99 Å². The molecular weight excluding hydrogens is 268 g/mol. The minimum atomic E-state index is 0.105. The zero-order chi connectivity index (χ0) is 15.2. The van der Waals surface area contributed by atoms with Crippen LogP contribution in [-0.4, -0.2) is 23.9 Å². The Hall–Kier alpha value is -0.510. The van der Waals surface area contributed by atoms with E-state index in [-0.39, 0.29) is 5.91 Å². The van der Waals surface area contributed by atoms with E-state index in [0.717, 1.165) is 30.5 Å². The van der Waals surface area contributed by atoms with E-state index in [0.29, 0.717) is 6.42 Å². The van der Waals surface area contributed by atoms with Crippen LogP contribution >= 0.6 is 11.8 Å². The molecule has 1 N–H and O–H groups in total. The summed E-state index contributed by atoms with van der Waals surface area (Å²) in [5, 5.41) is 3.71. The fourth-order valence-electron chi connectivity index (χ4n) is 2.26. The van der Waals surface area contributed by atoms with Crippen molar-refractivity contribution in [2.45, 2.75) is 72.1 Å². The van der Waals surface area contributed by atoms with Gasteiger partial charge in [-0.15, -0.1) is 0 Å². The summed E-state index contributed by atoms with van der Waals surface area (Å²) in [6.45, 7) is 6.98. The molecular formula is C16H32N2OS. The lowest BCUT2D eigenvalue weighted by Crippen LogP contribution is -2.28. The van der Waals surface area contributed by atoms with Crippen molar-refractivity contribution in [1.29, 1.82) is 0 Å². The van der Waals surface area contributed by atoms with E-state index < -0.39 is 0 Å². The van der Waals surface area contributed by atoms with Gasteiger partial charge in [0, 0.05) is 13.0 Å². The van der Waals surface area contributed by atoms with E-state index in [1.165, 1.54) is 43.9 Å². The molecule has 1 aliphatic rings. The Kier molecular flexibility index (Phi) is 13.1. The maximum Gasteiger partial charge on any atom is 0.225 e. The van der Waals surface area contributed by atoms with Crippen LogP contribution in [-0.2, 0) is 4.79 Å². The molecule has 3 nitrogen and oxygen atoms in total. The lowest BCUT2D eigenvalue weighted by Gasteiger charge is -2.19. The van der Waals surface area contributed by atoms with Gasteiger partial charge in [0.25, 0.3) is 0 Å². The first-order valence-electron chi connectivity index (χ1n) is 8.14. The first-order chi connectivity index (χ1) is 9.76. The van der Waals surface area contributed by atoms with Crippen molar-refractivity contribution < 1.29 is 4.79 Å². The minimum absolute atomic E-state index is 0.105. The number of carbonyl (C=O) groups is 1. The summed E-state index contributed by atoms with van der Waals surface area (Å²) in [5.74, 6) is 0.835. The van der Waals surface area contributed by atoms with Crippen LogP contribution < -0.4 is 5.32 Å². The number of amides is 1. The largest absolute Gasteiger partial charge is 0.305 e. The number of thioether (sulfide) groups is 1. The Morgan fingerprint density at radius 2 is 1.90 bits per heavy atom. The first kappa shape index (κ1) is 19.5. The van der Waals surface area contributed by atoms with Crippen LogP contribution in [0.5, 0.6) is 0 Å². The average molecular weight is 301 g/mol. The molecule has 0 atom stereocenters. The molecule has 0 unspecified atom stereocenters. The van der Waals surface area contributed by atoms with Gasteiger partial charge in [-0.25, -0.2) is 0 Å². The number of nitrogens with one attached hydrogen (secondary N) is 1. The highest BCUT2D eigenvalue weighted by Crippen LogP contribution is 2.23. The second-order valence-corrected chi connectivity index (χ2v) is 5.80. The average Bonchev–Trinajstić information content (AvgIpc) is 2.52. The second kappa shape index (κ2) is 13.5. The van der Waals surface area contributed by atoms with Gasteiger partial charge in [0.1, 0.15) is 0 Å². The number of hydrogen-bond donors (Lipinski definition) is 1. The third-order valence-corrected chi connectivity index (χ3v) is 4.03. The van der Waals surface area contributed by atoms with Crippen LogP contribution in [0.1, 0.15) is 72.1 Å². The summed E-state index contributed by atoms with van der Waals surface area (Å²) in [4.78, 5) is 16.2. The number of nitrogens with zero attached hydrogens (tertiary/aromatic N) is 1. The van der Waals surface area contributed by atoms with Crippen molar-refractivity contribution in [2.24, 2.45) is 10.9 Å². The molecule has 0 bridgehead atoms. The minimum Gasteiger partial charge on any atom is -0.305 e. The number of aliphatic imine (C=N–C) groups is 1. The zero-order valence-corrected chi connectivity index (χ0v) is 14.5. The zero-order valence-electron chi connectivity index (χ0n) is 13.7. The summed E-state index contributed by atoms with van der Waals surface area (Å²) in [5.41, 5.74) is 0. The Balaban J connectivity index is 0.00000172. The van der Waals surface area contributed by atoms with Crippen LogP contribution in [0.2, 0.25) is 0 Å². The van der Waals surface area contributed by atoms with Gasteiger partial charge in [0.2, 0.25) is 5.91 Å². The molecule has 1 saturated carbocycles. The Labute approximate surface area is 129 Å². The molecule has 0 radical (unpaired) electrons. The molecule has 118 valence electrons. The van der Waals surface area contributed by atoms with Crippen molar-refractivity contribution in [3.8, 4) is 0 Å². The number of carbonyl (C=O) groups excluding carboxylic acids is 1. The first-order valence-corrected chi connectivity index (χ1v) is 9.37. The molecule has 20 heavy (non-hydrogen) atoms. The fourth-order valence-corrected chi connectivity index (χ4v) is 2.68. The van der Waals surface area contributed by atoms with Crippen molar-refractivity contribution in [1.82, 2.24) is 5.32 Å². The van der Waals surface area contributed by atoms with Gasteiger partial charge in [-0.2, -0.15) is 0 Å².